The summed E-state index contributed by atoms with van der Waals surface area (Å²) < 4.78 is 0. The minimum absolute atomic E-state index is 1.03. The Morgan fingerprint density at radius 1 is 0.450 bits per heavy atom. The van der Waals surface area contributed by atoms with Crippen molar-refractivity contribution in [1.82, 2.24) is 0 Å². The Kier molecular flexibility index (Phi) is 5.92. The van der Waals surface area contributed by atoms with Crippen LogP contribution in [0.3, 0.4) is 0 Å². The third-order valence-corrected chi connectivity index (χ3v) is 6.68. The van der Waals surface area contributed by atoms with Gasteiger partial charge in [0.1, 0.15) is 7.28 Å². The number of hydrogen-bond donors (Lipinski definition) is 0. The molecule has 4 rings (SSSR count). The standard InChI is InChI=1S/C10H18.C9H16B/c1-2-6-10-8-4-3-7-9(10)5-1;1-2-6-9-8(4-1)5-3-7-10-9/h9-10H,1-8H2;8-9H,1-7H2. The summed E-state index contributed by atoms with van der Waals surface area (Å²) in [4.78, 5) is 0. The molecule has 0 aromatic carbocycles. The van der Waals surface area contributed by atoms with Crippen LogP contribution in [0.2, 0.25) is 12.1 Å². The first-order valence-electron chi connectivity index (χ1n) is 9.77. The third-order valence-electron chi connectivity index (χ3n) is 6.68. The molecule has 0 spiro atoms. The molecule has 0 aromatic rings. The van der Waals surface area contributed by atoms with E-state index in [4.69, 9.17) is 0 Å². The molecule has 0 N–H and O–H groups in total. The van der Waals surface area contributed by atoms with Crippen molar-refractivity contribution < 1.29 is 0 Å². The molecule has 0 amide bonds. The molecule has 113 valence electrons. The Hall–Kier alpha value is 0.0649. The second kappa shape index (κ2) is 7.90. The molecule has 2 atom stereocenters. The van der Waals surface area contributed by atoms with Gasteiger partial charge in [0.25, 0.3) is 0 Å². The topological polar surface area (TPSA) is 0 Å². The van der Waals surface area contributed by atoms with Crippen molar-refractivity contribution in [3.63, 3.8) is 0 Å². The van der Waals surface area contributed by atoms with E-state index in [0.717, 1.165) is 23.6 Å². The first kappa shape index (κ1) is 15.0. The predicted octanol–water partition coefficient (Wildman–Crippen LogP) is 6.25. The van der Waals surface area contributed by atoms with Gasteiger partial charge in [-0.3, -0.25) is 0 Å². The molecule has 2 unspecified atom stereocenters. The molecule has 0 bridgehead atoms. The largest absolute Gasteiger partial charge is 0.113 e. The van der Waals surface area contributed by atoms with Crippen LogP contribution >= 0.6 is 0 Å². The van der Waals surface area contributed by atoms with Crippen LogP contribution in [0.25, 0.3) is 0 Å². The molecule has 4 aliphatic rings. The minimum atomic E-state index is 1.03. The van der Waals surface area contributed by atoms with E-state index in [-0.39, 0.29) is 0 Å². The van der Waals surface area contributed by atoms with Gasteiger partial charge in [0.15, 0.2) is 0 Å². The molecule has 1 saturated heterocycles. The van der Waals surface area contributed by atoms with E-state index in [9.17, 15) is 0 Å². The van der Waals surface area contributed by atoms with Crippen molar-refractivity contribution in [3.8, 4) is 0 Å². The van der Waals surface area contributed by atoms with Gasteiger partial charge in [-0.2, -0.15) is 0 Å². The second-order valence-electron chi connectivity index (χ2n) is 7.96. The SMILES string of the molecule is C1CCC2CCCCC2C1.[B]1CCCC2CCCCC12. The van der Waals surface area contributed by atoms with Gasteiger partial charge < -0.3 is 0 Å². The lowest BCUT2D eigenvalue weighted by Crippen LogP contribution is -2.23. The van der Waals surface area contributed by atoms with Crippen molar-refractivity contribution in [2.45, 2.75) is 102 Å². The highest BCUT2D eigenvalue weighted by molar-refractivity contribution is 6.38. The molecular weight excluding hydrogens is 239 g/mol. The van der Waals surface area contributed by atoms with Gasteiger partial charge in [-0.25, -0.2) is 0 Å². The fourth-order valence-corrected chi connectivity index (χ4v) is 5.47. The van der Waals surface area contributed by atoms with Gasteiger partial charge in [-0.1, -0.05) is 102 Å². The maximum absolute atomic E-state index is 2.59. The quantitative estimate of drug-likeness (QED) is 0.458. The predicted molar refractivity (Wildman–Crippen MR) is 89.4 cm³/mol. The van der Waals surface area contributed by atoms with Gasteiger partial charge in [0.05, 0.1) is 0 Å². The van der Waals surface area contributed by atoms with E-state index in [1.165, 1.54) is 70.5 Å². The van der Waals surface area contributed by atoms with Crippen molar-refractivity contribution in [2.75, 3.05) is 0 Å². The van der Waals surface area contributed by atoms with E-state index in [1.54, 1.807) is 25.7 Å². The first-order chi connectivity index (χ1) is 9.93. The first-order valence-corrected chi connectivity index (χ1v) is 9.77. The van der Waals surface area contributed by atoms with Crippen molar-refractivity contribution >= 4 is 7.28 Å². The summed E-state index contributed by atoms with van der Waals surface area (Å²) in [5.74, 6) is 4.44. The van der Waals surface area contributed by atoms with Gasteiger partial charge >= 0.3 is 0 Å². The Bertz CT molecular complexity index is 195. The Labute approximate surface area is 127 Å². The maximum Gasteiger partial charge on any atom is 0.113 e. The van der Waals surface area contributed by atoms with E-state index in [1.807, 2.05) is 0 Å². The zero-order valence-electron chi connectivity index (χ0n) is 13.5. The summed E-state index contributed by atoms with van der Waals surface area (Å²) in [5.41, 5.74) is 0. The highest BCUT2D eigenvalue weighted by Gasteiger charge is 2.28. The van der Waals surface area contributed by atoms with Crippen molar-refractivity contribution in [2.24, 2.45) is 17.8 Å². The second-order valence-corrected chi connectivity index (χ2v) is 7.96. The zero-order chi connectivity index (χ0) is 13.6. The Morgan fingerprint density at radius 3 is 1.45 bits per heavy atom. The van der Waals surface area contributed by atoms with E-state index < -0.39 is 0 Å². The van der Waals surface area contributed by atoms with Crippen LogP contribution < -0.4 is 0 Å². The molecule has 1 heterocycles. The van der Waals surface area contributed by atoms with Crippen LogP contribution in [-0.4, -0.2) is 7.28 Å². The van der Waals surface area contributed by atoms with Gasteiger partial charge in [-0.05, 0) is 17.8 Å². The van der Waals surface area contributed by atoms with Crippen molar-refractivity contribution in [3.05, 3.63) is 0 Å². The molecule has 3 aliphatic carbocycles. The summed E-state index contributed by atoms with van der Waals surface area (Å²) >= 11 is 0. The summed E-state index contributed by atoms with van der Waals surface area (Å²) in [5, 5.41) is 0. The van der Waals surface area contributed by atoms with E-state index >= 15 is 0 Å². The highest BCUT2D eigenvalue weighted by atomic mass is 14.3. The van der Waals surface area contributed by atoms with Crippen LogP contribution in [0, 0.1) is 17.8 Å². The molecule has 4 fully saturated rings. The fourth-order valence-electron chi connectivity index (χ4n) is 5.47. The van der Waals surface area contributed by atoms with E-state index in [2.05, 4.69) is 7.28 Å². The molecule has 1 heteroatoms. The van der Waals surface area contributed by atoms with Crippen LogP contribution in [0.15, 0.2) is 0 Å². The number of hydrogen-bond acceptors (Lipinski definition) is 0. The molecule has 3 saturated carbocycles. The fraction of sp³-hybridized carbons (Fsp3) is 1.00. The number of fused-ring (bicyclic) bond motifs is 2. The van der Waals surface area contributed by atoms with Gasteiger partial charge in [0, 0.05) is 0 Å². The normalized spacial score (nSPS) is 40.4. The minimum Gasteiger partial charge on any atom is -0.0799 e. The average molecular weight is 273 g/mol. The lowest BCUT2D eigenvalue weighted by Gasteiger charge is -2.35. The zero-order valence-corrected chi connectivity index (χ0v) is 13.5. The summed E-state index contributed by atoms with van der Waals surface area (Å²) in [6.07, 6.45) is 22.8. The Balaban J connectivity index is 0.000000121. The third kappa shape index (κ3) is 4.04. The van der Waals surface area contributed by atoms with Crippen molar-refractivity contribution in [1.29, 1.82) is 0 Å². The van der Waals surface area contributed by atoms with Crippen LogP contribution in [0.4, 0.5) is 0 Å². The molecule has 1 radical (unpaired) electrons. The molecule has 1 aliphatic heterocycles. The van der Waals surface area contributed by atoms with Crippen LogP contribution in [0.5, 0.6) is 0 Å². The summed E-state index contributed by atoms with van der Waals surface area (Å²) in [7, 11) is 2.59. The lowest BCUT2D eigenvalue weighted by molar-refractivity contribution is 0.171. The smallest absolute Gasteiger partial charge is 0.0799 e. The van der Waals surface area contributed by atoms with E-state index in [0.29, 0.717) is 0 Å². The van der Waals surface area contributed by atoms with Crippen LogP contribution in [-0.2, 0) is 0 Å². The molecule has 0 nitrogen and oxygen atoms in total. The molecule has 0 aromatic heterocycles. The van der Waals surface area contributed by atoms with Gasteiger partial charge in [-0.15, -0.1) is 0 Å². The van der Waals surface area contributed by atoms with Gasteiger partial charge in [0.2, 0.25) is 0 Å². The molecule has 20 heavy (non-hydrogen) atoms. The Morgan fingerprint density at radius 2 is 0.900 bits per heavy atom. The summed E-state index contributed by atoms with van der Waals surface area (Å²) in [6, 6.07) is 0. The highest BCUT2D eigenvalue weighted by Crippen LogP contribution is 2.41. The monoisotopic (exact) mass is 273 g/mol. The number of rotatable bonds is 0. The average Bonchev–Trinajstić information content (AvgIpc) is 2.56. The molecular formula is C19H34B. The maximum atomic E-state index is 2.59. The lowest BCUT2D eigenvalue weighted by atomic mass is 9.48. The van der Waals surface area contributed by atoms with Crippen LogP contribution in [0.1, 0.15) is 89.9 Å². The summed E-state index contributed by atoms with van der Waals surface area (Å²) in [6.45, 7) is 0.